The van der Waals surface area contributed by atoms with Gasteiger partial charge in [-0.2, -0.15) is 83.4 Å². The molecule has 0 aliphatic rings. The number of halogens is 20. The summed E-state index contributed by atoms with van der Waals surface area (Å²) in [5.41, 5.74) is -6.23. The Morgan fingerprint density at radius 2 is 0.657 bits per heavy atom. The van der Waals surface area contributed by atoms with Crippen molar-refractivity contribution >= 4 is 10.1 Å². The fourth-order valence-corrected chi connectivity index (χ4v) is 2.21. The van der Waals surface area contributed by atoms with E-state index in [2.05, 4.69) is 0 Å². The summed E-state index contributed by atoms with van der Waals surface area (Å²) in [4.78, 5) is 0. The minimum absolute atomic E-state index is 0. The third-order valence-corrected chi connectivity index (χ3v) is 4.48. The first kappa shape index (κ1) is 36.3. The van der Waals surface area contributed by atoms with Gasteiger partial charge >= 0.3 is 72.4 Å². The molecule has 0 N–H and O–H groups in total. The minimum atomic E-state index is -9.23. The third-order valence-electron chi connectivity index (χ3n) is 3.68. The molecule has 0 aromatic heterocycles. The SMILES string of the molecule is O=S(=O)([O-])C(F)C(F)(F)C(F)(F)C(F)(F)C(F)(F)C(F)(F)C(F)(F)C(F)(F)C(F)(F)C(F)(F)F.[Li+]. The van der Waals surface area contributed by atoms with Crippen LogP contribution < -0.4 is 18.9 Å². The molecule has 1 atom stereocenters. The van der Waals surface area contributed by atoms with E-state index in [1.165, 1.54) is 0 Å². The molecule has 0 radical (unpaired) electrons. The average molecular weight is 588 g/mol. The van der Waals surface area contributed by atoms with Gasteiger partial charge in [0.15, 0.2) is 0 Å². The summed E-state index contributed by atoms with van der Waals surface area (Å²) < 4.78 is 287. The van der Waals surface area contributed by atoms with Gasteiger partial charge < -0.3 is 4.55 Å². The maximum atomic E-state index is 13.3. The van der Waals surface area contributed by atoms with E-state index in [0.29, 0.717) is 0 Å². The molecule has 0 rings (SSSR count). The van der Waals surface area contributed by atoms with Gasteiger partial charge in [0, 0.05) is 0 Å². The van der Waals surface area contributed by atoms with Crippen molar-refractivity contribution in [1.82, 2.24) is 0 Å². The molecule has 0 heterocycles. The van der Waals surface area contributed by atoms with Gasteiger partial charge in [0.2, 0.25) is 0 Å². The Morgan fingerprint density at radius 3 is 0.857 bits per heavy atom. The van der Waals surface area contributed by atoms with Gasteiger partial charge in [0.1, 0.15) is 10.1 Å². The maximum Gasteiger partial charge on any atom is 1.00 e. The summed E-state index contributed by atoms with van der Waals surface area (Å²) in [5, 5.41) is 0. The molecule has 0 aromatic rings. The second kappa shape index (κ2) is 8.85. The normalized spacial score (nSPS) is 17.2. The van der Waals surface area contributed by atoms with E-state index in [1.807, 2.05) is 0 Å². The molecule has 0 aliphatic heterocycles. The molecule has 0 bridgehead atoms. The Kier molecular flexibility index (Phi) is 9.17. The van der Waals surface area contributed by atoms with E-state index in [1.54, 1.807) is 0 Å². The average Bonchev–Trinajstić information content (AvgIpc) is 2.57. The van der Waals surface area contributed by atoms with Crippen LogP contribution in [0.15, 0.2) is 0 Å². The first-order valence-corrected chi connectivity index (χ1v) is 8.30. The van der Waals surface area contributed by atoms with Crippen LogP contribution in [0.3, 0.4) is 0 Å². The quantitative estimate of drug-likeness (QED) is 0.237. The van der Waals surface area contributed by atoms with Gasteiger partial charge in [-0.15, -0.1) is 0 Å². The van der Waals surface area contributed by atoms with Crippen LogP contribution in [0.5, 0.6) is 0 Å². The van der Waals surface area contributed by atoms with Crippen LogP contribution in [0.25, 0.3) is 0 Å². The van der Waals surface area contributed by atoms with Crippen LogP contribution in [-0.4, -0.2) is 72.0 Å². The number of hydrogen-bond donors (Lipinski definition) is 0. The van der Waals surface area contributed by atoms with Gasteiger partial charge in [-0.3, -0.25) is 0 Å². The van der Waals surface area contributed by atoms with Gasteiger partial charge in [0.05, 0.1) is 0 Å². The van der Waals surface area contributed by atoms with E-state index in [0.717, 1.165) is 0 Å². The van der Waals surface area contributed by atoms with Crippen LogP contribution in [0, 0.1) is 0 Å². The molecule has 0 aliphatic carbocycles. The molecule has 0 saturated heterocycles. The van der Waals surface area contributed by atoms with Crippen molar-refractivity contribution in [2.45, 2.75) is 59.1 Å². The predicted octanol–water partition coefficient (Wildman–Crippen LogP) is 2.48. The van der Waals surface area contributed by atoms with Gasteiger partial charge in [-0.05, 0) is 0 Å². The van der Waals surface area contributed by atoms with Crippen LogP contribution in [0.2, 0.25) is 0 Å². The largest absolute Gasteiger partial charge is 1.00 e. The summed E-state index contributed by atoms with van der Waals surface area (Å²) in [6, 6.07) is 0. The van der Waals surface area contributed by atoms with Gasteiger partial charge in [0.25, 0.3) is 5.50 Å². The maximum absolute atomic E-state index is 13.3. The molecule has 0 spiro atoms. The van der Waals surface area contributed by atoms with Gasteiger partial charge in [-0.25, -0.2) is 12.8 Å². The monoisotopic (exact) mass is 588 g/mol. The Labute approximate surface area is 189 Å². The molecular formula is C10HF20LiO3S. The fourth-order valence-electron chi connectivity index (χ4n) is 1.70. The van der Waals surface area contributed by atoms with E-state index in [-0.39, 0.29) is 18.9 Å². The summed E-state index contributed by atoms with van der Waals surface area (Å²) in [7, 11) is -7.58. The summed E-state index contributed by atoms with van der Waals surface area (Å²) >= 11 is 0. The smallest absolute Gasteiger partial charge is 0.746 e. The number of alkyl halides is 20. The molecule has 0 saturated carbocycles. The molecule has 0 aromatic carbocycles. The zero-order valence-corrected chi connectivity index (χ0v) is 16.1. The summed E-state index contributed by atoms with van der Waals surface area (Å²) in [6.07, 6.45) is -8.03. The van der Waals surface area contributed by atoms with Crippen LogP contribution in [0.1, 0.15) is 0 Å². The first-order valence-electron chi connectivity index (χ1n) is 6.83. The molecule has 1 unspecified atom stereocenters. The van der Waals surface area contributed by atoms with Crippen molar-refractivity contribution in [3.05, 3.63) is 0 Å². The fraction of sp³-hybridized carbons (Fsp3) is 1.00. The Balaban J connectivity index is 0. The van der Waals surface area contributed by atoms with Crippen molar-refractivity contribution in [2.24, 2.45) is 0 Å². The predicted molar refractivity (Wildman–Crippen MR) is 60.2 cm³/mol. The van der Waals surface area contributed by atoms with Crippen molar-refractivity contribution in [1.29, 1.82) is 0 Å². The van der Waals surface area contributed by atoms with Crippen LogP contribution in [-0.2, 0) is 10.1 Å². The van der Waals surface area contributed by atoms with E-state index in [4.69, 9.17) is 0 Å². The Bertz CT molecular complexity index is 876. The Morgan fingerprint density at radius 1 is 0.457 bits per heavy atom. The molecule has 3 nitrogen and oxygen atoms in total. The minimum Gasteiger partial charge on any atom is -0.746 e. The van der Waals surface area contributed by atoms with E-state index >= 15 is 0 Å². The summed E-state index contributed by atoms with van der Waals surface area (Å²) in [6.45, 7) is 0. The molecular weight excluding hydrogens is 587 g/mol. The second-order valence-electron chi connectivity index (χ2n) is 5.95. The third kappa shape index (κ3) is 4.64. The zero-order chi connectivity index (χ0) is 28.6. The topological polar surface area (TPSA) is 57.2 Å². The number of hydrogen-bond acceptors (Lipinski definition) is 3. The number of rotatable bonds is 9. The standard InChI is InChI=1S/C10H2F20O3S.Li/c11-1(34(31,32)33)2(12,13)3(14,15)4(16,17)5(18,19)6(20,21)7(22,23)8(24,25)9(26,27)10(28,29)30;/h1H,(H,31,32,33);/q;+1/p-1. The summed E-state index contributed by atoms with van der Waals surface area (Å²) in [5.74, 6) is -70.8. The van der Waals surface area contributed by atoms with Crippen molar-refractivity contribution in [3.63, 3.8) is 0 Å². The Hall–Kier alpha value is -0.893. The first-order chi connectivity index (χ1) is 14.2. The molecule has 35 heavy (non-hydrogen) atoms. The van der Waals surface area contributed by atoms with E-state index in [9.17, 15) is 101 Å². The molecule has 0 fully saturated rings. The van der Waals surface area contributed by atoms with Crippen molar-refractivity contribution < 1.29 is 120 Å². The van der Waals surface area contributed by atoms with Crippen LogP contribution >= 0.6 is 0 Å². The van der Waals surface area contributed by atoms with E-state index < -0.39 is 69.2 Å². The molecule has 25 heteroatoms. The van der Waals surface area contributed by atoms with Crippen molar-refractivity contribution in [3.8, 4) is 0 Å². The van der Waals surface area contributed by atoms with Crippen molar-refractivity contribution in [2.75, 3.05) is 0 Å². The molecule has 206 valence electrons. The zero-order valence-electron chi connectivity index (χ0n) is 15.3. The second-order valence-corrected chi connectivity index (χ2v) is 7.35. The molecule has 0 amide bonds. The van der Waals surface area contributed by atoms with Gasteiger partial charge in [-0.1, -0.05) is 0 Å². The van der Waals surface area contributed by atoms with Crippen LogP contribution in [0.4, 0.5) is 87.8 Å².